The maximum atomic E-state index is 13.8. The Balaban J connectivity index is 1.42. The Morgan fingerprint density at radius 1 is 1.25 bits per heavy atom. The van der Waals surface area contributed by atoms with Gasteiger partial charge >= 0.3 is 0 Å². The Bertz CT molecular complexity index is 1140. The van der Waals surface area contributed by atoms with Crippen LogP contribution < -0.4 is 5.32 Å². The number of rotatable bonds is 6. The zero-order chi connectivity index (χ0) is 22.3. The van der Waals surface area contributed by atoms with Crippen molar-refractivity contribution in [2.45, 2.75) is 58.2 Å². The second-order valence-electron chi connectivity index (χ2n) is 8.85. The van der Waals surface area contributed by atoms with Gasteiger partial charge in [-0.15, -0.1) is 11.3 Å². The minimum atomic E-state index is -0.636. The van der Waals surface area contributed by atoms with E-state index in [1.807, 2.05) is 52.2 Å². The lowest BCUT2D eigenvalue weighted by atomic mass is 9.70. The number of para-hydroxylation sites is 1. The summed E-state index contributed by atoms with van der Waals surface area (Å²) in [6.07, 6.45) is 6.81. The lowest BCUT2D eigenvalue weighted by Crippen LogP contribution is -2.51. The molecule has 166 valence electrons. The third-order valence-electron chi connectivity index (χ3n) is 7.05. The highest BCUT2D eigenvalue weighted by Crippen LogP contribution is 2.51. The van der Waals surface area contributed by atoms with E-state index in [-0.39, 0.29) is 23.9 Å². The van der Waals surface area contributed by atoms with Gasteiger partial charge in [-0.1, -0.05) is 18.2 Å². The molecule has 32 heavy (non-hydrogen) atoms. The summed E-state index contributed by atoms with van der Waals surface area (Å²) in [5.74, 6) is 0.974. The average Bonchev–Trinajstić information content (AvgIpc) is 3.57. The van der Waals surface area contributed by atoms with E-state index < -0.39 is 5.41 Å². The van der Waals surface area contributed by atoms with Crippen LogP contribution in [0.4, 0.5) is 0 Å². The summed E-state index contributed by atoms with van der Waals surface area (Å²) in [7, 11) is 0. The molecule has 3 aromatic rings. The summed E-state index contributed by atoms with van der Waals surface area (Å²) >= 11 is 1.54. The van der Waals surface area contributed by atoms with Gasteiger partial charge in [-0.05, 0) is 37.8 Å². The van der Waals surface area contributed by atoms with Crippen LogP contribution in [-0.2, 0) is 22.6 Å². The number of thiazole rings is 1. The van der Waals surface area contributed by atoms with Crippen LogP contribution >= 0.6 is 11.3 Å². The van der Waals surface area contributed by atoms with Crippen LogP contribution in [0.2, 0.25) is 0 Å². The molecule has 0 radical (unpaired) electrons. The van der Waals surface area contributed by atoms with Crippen molar-refractivity contribution in [2.24, 2.45) is 5.41 Å². The molecule has 2 bridgehead atoms. The van der Waals surface area contributed by atoms with E-state index in [4.69, 9.17) is 0 Å². The Labute approximate surface area is 191 Å². The SMILES string of the molecule is CC(=O)N1[C@@H]2CC[C@H]1[C@@](Cc1cscn1)(C(=O)NCc1ccccc1-n1ccnc1C)C2. The van der Waals surface area contributed by atoms with Crippen LogP contribution in [0.1, 0.15) is 43.3 Å². The van der Waals surface area contributed by atoms with Crippen LogP contribution in [0.3, 0.4) is 0 Å². The molecule has 8 heteroatoms. The van der Waals surface area contributed by atoms with Crippen LogP contribution in [-0.4, -0.2) is 43.3 Å². The first kappa shape index (κ1) is 20.9. The van der Waals surface area contributed by atoms with E-state index in [0.717, 1.165) is 35.6 Å². The zero-order valence-electron chi connectivity index (χ0n) is 18.3. The topological polar surface area (TPSA) is 80.1 Å². The minimum Gasteiger partial charge on any atom is -0.351 e. The standard InChI is InChI=1S/C24H27N5O2S/c1-16-25-9-10-28(16)21-6-4-3-5-18(21)13-26-23(31)24(11-19-14-32-15-27-19)12-20-7-8-22(24)29(20)17(2)30/h3-6,9-10,14-15,20,22H,7-8,11-13H2,1-2H3,(H,26,31)/t20-,22+,24+/m1/s1. The van der Waals surface area contributed by atoms with E-state index in [1.165, 1.54) is 0 Å². The van der Waals surface area contributed by atoms with Gasteiger partial charge in [-0.25, -0.2) is 9.97 Å². The van der Waals surface area contributed by atoms with Gasteiger partial charge in [0.05, 0.1) is 22.3 Å². The second-order valence-corrected chi connectivity index (χ2v) is 9.56. The number of amides is 2. The fourth-order valence-corrected chi connectivity index (χ4v) is 6.26. The molecule has 2 amide bonds. The van der Waals surface area contributed by atoms with Crippen LogP contribution in [0.5, 0.6) is 0 Å². The molecule has 3 atom stereocenters. The molecule has 0 saturated carbocycles. The van der Waals surface area contributed by atoms with Gasteiger partial charge in [0.1, 0.15) is 5.82 Å². The molecule has 1 aromatic carbocycles. The number of nitrogens with zero attached hydrogens (tertiary/aromatic N) is 4. The lowest BCUT2D eigenvalue weighted by Gasteiger charge is -2.35. The van der Waals surface area contributed by atoms with E-state index in [9.17, 15) is 9.59 Å². The molecule has 2 aliphatic rings. The van der Waals surface area contributed by atoms with Crippen molar-refractivity contribution in [3.8, 4) is 5.69 Å². The summed E-state index contributed by atoms with van der Waals surface area (Å²) in [5.41, 5.74) is 4.13. The first-order valence-electron chi connectivity index (χ1n) is 11.0. The van der Waals surface area contributed by atoms with Gasteiger partial charge < -0.3 is 14.8 Å². The number of hydrogen-bond donors (Lipinski definition) is 1. The smallest absolute Gasteiger partial charge is 0.229 e. The monoisotopic (exact) mass is 449 g/mol. The molecule has 0 spiro atoms. The molecule has 2 aromatic heterocycles. The average molecular weight is 450 g/mol. The van der Waals surface area contributed by atoms with E-state index in [1.54, 1.807) is 30.0 Å². The third kappa shape index (κ3) is 3.43. The Morgan fingerprint density at radius 3 is 2.78 bits per heavy atom. The molecule has 2 aliphatic heterocycles. The maximum absolute atomic E-state index is 13.8. The fourth-order valence-electron chi connectivity index (χ4n) is 5.70. The summed E-state index contributed by atoms with van der Waals surface area (Å²) in [6, 6.07) is 8.11. The van der Waals surface area contributed by atoms with Gasteiger partial charge in [0.25, 0.3) is 0 Å². The van der Waals surface area contributed by atoms with Gasteiger partial charge in [-0.3, -0.25) is 9.59 Å². The third-order valence-corrected chi connectivity index (χ3v) is 7.69. The summed E-state index contributed by atoms with van der Waals surface area (Å²) in [6.45, 7) is 4.00. The molecule has 7 nitrogen and oxygen atoms in total. The lowest BCUT2D eigenvalue weighted by molar-refractivity contribution is -0.135. The van der Waals surface area contributed by atoms with Gasteiger partial charge in [0, 0.05) is 49.7 Å². The van der Waals surface area contributed by atoms with Crippen molar-refractivity contribution in [1.82, 2.24) is 24.8 Å². The largest absolute Gasteiger partial charge is 0.351 e. The molecule has 0 aliphatic carbocycles. The van der Waals surface area contributed by atoms with Crippen molar-refractivity contribution in [3.05, 3.63) is 64.6 Å². The second kappa shape index (κ2) is 8.16. The molecule has 0 unspecified atom stereocenters. The number of carbonyl (C=O) groups is 2. The van der Waals surface area contributed by atoms with Gasteiger partial charge in [0.15, 0.2) is 0 Å². The van der Waals surface area contributed by atoms with E-state index >= 15 is 0 Å². The molecular weight excluding hydrogens is 422 g/mol. The predicted octanol–water partition coefficient (Wildman–Crippen LogP) is 3.27. The highest BCUT2D eigenvalue weighted by molar-refractivity contribution is 7.07. The van der Waals surface area contributed by atoms with Crippen molar-refractivity contribution in [1.29, 1.82) is 0 Å². The Hall–Kier alpha value is -3.00. The molecular formula is C24H27N5O2S. The minimum absolute atomic E-state index is 0.0149. The highest BCUT2D eigenvalue weighted by atomic mass is 32.1. The summed E-state index contributed by atoms with van der Waals surface area (Å²) in [4.78, 5) is 36.9. The molecule has 2 saturated heterocycles. The van der Waals surface area contributed by atoms with Crippen LogP contribution in [0.15, 0.2) is 47.5 Å². The van der Waals surface area contributed by atoms with Crippen molar-refractivity contribution in [3.63, 3.8) is 0 Å². The normalized spacial score (nSPS) is 24.1. The first-order chi connectivity index (χ1) is 15.5. The zero-order valence-corrected chi connectivity index (χ0v) is 19.1. The Kier molecular flexibility index (Phi) is 5.33. The van der Waals surface area contributed by atoms with E-state index in [0.29, 0.717) is 19.4 Å². The van der Waals surface area contributed by atoms with Crippen molar-refractivity contribution in [2.75, 3.05) is 0 Å². The number of aromatic nitrogens is 3. The van der Waals surface area contributed by atoms with E-state index in [2.05, 4.69) is 15.3 Å². The number of nitrogens with one attached hydrogen (secondary N) is 1. The fraction of sp³-hybridized carbons (Fsp3) is 0.417. The van der Waals surface area contributed by atoms with Crippen LogP contribution in [0, 0.1) is 12.3 Å². The molecule has 1 N–H and O–H groups in total. The molecule has 5 rings (SSSR count). The number of aryl methyl sites for hydroxylation is 1. The van der Waals surface area contributed by atoms with Crippen molar-refractivity contribution < 1.29 is 9.59 Å². The van der Waals surface area contributed by atoms with Gasteiger partial charge in [0.2, 0.25) is 11.8 Å². The van der Waals surface area contributed by atoms with Crippen molar-refractivity contribution >= 4 is 23.2 Å². The van der Waals surface area contributed by atoms with Gasteiger partial charge in [-0.2, -0.15) is 0 Å². The highest BCUT2D eigenvalue weighted by Gasteiger charge is 2.60. The number of carbonyl (C=O) groups excluding carboxylic acids is 2. The predicted molar refractivity (Wildman–Crippen MR) is 122 cm³/mol. The quantitative estimate of drug-likeness (QED) is 0.626. The molecule has 4 heterocycles. The summed E-state index contributed by atoms with van der Waals surface area (Å²) < 4.78 is 2.03. The number of imidazole rings is 1. The summed E-state index contributed by atoms with van der Waals surface area (Å²) in [5, 5.41) is 5.24. The Morgan fingerprint density at radius 2 is 2.09 bits per heavy atom. The number of benzene rings is 1. The first-order valence-corrected chi connectivity index (χ1v) is 12.0. The maximum Gasteiger partial charge on any atom is 0.229 e. The number of fused-ring (bicyclic) bond motifs is 2. The molecule has 2 fully saturated rings. The van der Waals surface area contributed by atoms with Crippen LogP contribution in [0.25, 0.3) is 5.69 Å². The number of hydrogen-bond acceptors (Lipinski definition) is 5.